The van der Waals surface area contributed by atoms with Crippen LogP contribution in [0.5, 0.6) is 0 Å². The van der Waals surface area contributed by atoms with Crippen LogP contribution < -0.4 is 11.1 Å². The minimum Gasteiger partial charge on any atom is -0.480 e. The minimum absolute atomic E-state index is 0.0682. The molecular formula is C29H35F3N4O6. The summed E-state index contributed by atoms with van der Waals surface area (Å²) < 4.78 is 31.7. The van der Waals surface area contributed by atoms with Gasteiger partial charge in [0, 0.05) is 19.2 Å². The number of nitrogen functional groups attached to an aromatic ring is 1. The summed E-state index contributed by atoms with van der Waals surface area (Å²) in [6, 6.07) is 15.3. The Morgan fingerprint density at radius 3 is 2.00 bits per heavy atom. The average Bonchev–Trinajstić information content (AvgIpc) is 2.95. The van der Waals surface area contributed by atoms with Gasteiger partial charge < -0.3 is 26.2 Å². The fourth-order valence-electron chi connectivity index (χ4n) is 4.65. The highest BCUT2D eigenvalue weighted by Crippen LogP contribution is 2.27. The first-order chi connectivity index (χ1) is 19.7. The molecule has 2 atom stereocenters. The lowest BCUT2D eigenvalue weighted by atomic mass is 9.83. The number of nitrogens with two attached hydrogens (primary N) is 1. The molecule has 2 aromatic rings. The SMILES string of the molecule is CN(Cc1ccccc1)C(=O)[C@H](Cc1ccc(C(=N)N)cc1)C(=O)N[C@H](C(=O)O)C1CCCCC1.O=C(O)C(F)(F)F. The van der Waals surface area contributed by atoms with E-state index in [0.717, 1.165) is 43.2 Å². The number of carbonyl (C=O) groups excluding carboxylic acids is 2. The summed E-state index contributed by atoms with van der Waals surface area (Å²) in [4.78, 5) is 49.3. The van der Waals surface area contributed by atoms with Gasteiger partial charge in [-0.1, -0.05) is 73.9 Å². The average molecular weight is 593 g/mol. The maximum Gasteiger partial charge on any atom is 0.490 e. The molecule has 1 aliphatic rings. The molecule has 0 aromatic heterocycles. The van der Waals surface area contributed by atoms with Crippen LogP contribution in [0, 0.1) is 17.2 Å². The Balaban J connectivity index is 0.000000782. The van der Waals surface area contributed by atoms with Gasteiger partial charge in [-0.15, -0.1) is 0 Å². The normalized spacial score (nSPS) is 14.9. The third-order valence-electron chi connectivity index (χ3n) is 6.89. The second-order valence-electron chi connectivity index (χ2n) is 10.1. The van der Waals surface area contributed by atoms with E-state index in [-0.39, 0.29) is 24.1 Å². The second kappa shape index (κ2) is 15.5. The predicted octanol–water partition coefficient (Wildman–Crippen LogP) is 3.57. The van der Waals surface area contributed by atoms with Gasteiger partial charge in [0.15, 0.2) is 0 Å². The number of amides is 2. The van der Waals surface area contributed by atoms with E-state index in [1.807, 2.05) is 30.3 Å². The number of alkyl halides is 3. The Bertz CT molecular complexity index is 1230. The molecule has 228 valence electrons. The Morgan fingerprint density at radius 2 is 1.52 bits per heavy atom. The molecule has 10 nitrogen and oxygen atoms in total. The van der Waals surface area contributed by atoms with Crippen LogP contribution in [-0.2, 0) is 32.1 Å². The Morgan fingerprint density at radius 1 is 0.976 bits per heavy atom. The largest absolute Gasteiger partial charge is 0.490 e. The van der Waals surface area contributed by atoms with E-state index in [2.05, 4.69) is 5.32 Å². The molecule has 1 aliphatic carbocycles. The highest BCUT2D eigenvalue weighted by molar-refractivity contribution is 6.01. The number of benzene rings is 2. The van der Waals surface area contributed by atoms with E-state index in [4.69, 9.17) is 21.0 Å². The van der Waals surface area contributed by atoms with Crippen LogP contribution in [0.1, 0.15) is 48.8 Å². The van der Waals surface area contributed by atoms with Crippen LogP contribution in [-0.4, -0.2) is 64.0 Å². The number of amidine groups is 1. The molecule has 0 bridgehead atoms. The van der Waals surface area contributed by atoms with E-state index >= 15 is 0 Å². The van der Waals surface area contributed by atoms with Crippen molar-refractivity contribution >= 4 is 29.6 Å². The second-order valence-corrected chi connectivity index (χ2v) is 10.1. The number of carboxylic acids is 2. The quantitative estimate of drug-likeness (QED) is 0.159. The number of carboxylic acid groups (broad SMARTS) is 2. The van der Waals surface area contributed by atoms with Crippen molar-refractivity contribution in [2.75, 3.05) is 7.05 Å². The van der Waals surface area contributed by atoms with Crippen molar-refractivity contribution < 1.29 is 42.6 Å². The molecule has 3 rings (SSSR count). The number of nitrogens with zero attached hydrogens (tertiary/aromatic N) is 1. The van der Waals surface area contributed by atoms with Gasteiger partial charge >= 0.3 is 18.1 Å². The van der Waals surface area contributed by atoms with Crippen molar-refractivity contribution in [2.24, 2.45) is 17.6 Å². The molecule has 2 amide bonds. The van der Waals surface area contributed by atoms with E-state index in [0.29, 0.717) is 12.1 Å². The van der Waals surface area contributed by atoms with Crippen LogP contribution in [0.4, 0.5) is 13.2 Å². The summed E-state index contributed by atoms with van der Waals surface area (Å²) in [5.41, 5.74) is 7.73. The van der Waals surface area contributed by atoms with E-state index < -0.39 is 36.0 Å². The number of hydrogen-bond donors (Lipinski definition) is 5. The summed E-state index contributed by atoms with van der Waals surface area (Å²) in [6.07, 6.45) is -0.534. The van der Waals surface area contributed by atoms with Crippen LogP contribution in [0.15, 0.2) is 54.6 Å². The number of aliphatic carboxylic acids is 2. The van der Waals surface area contributed by atoms with Crippen molar-refractivity contribution in [1.29, 1.82) is 5.41 Å². The minimum atomic E-state index is -5.08. The van der Waals surface area contributed by atoms with Crippen molar-refractivity contribution in [2.45, 2.75) is 57.3 Å². The maximum atomic E-state index is 13.5. The van der Waals surface area contributed by atoms with Gasteiger partial charge in [-0.25, -0.2) is 9.59 Å². The number of nitrogens with one attached hydrogen (secondary N) is 2. The van der Waals surface area contributed by atoms with Crippen LogP contribution in [0.25, 0.3) is 0 Å². The lowest BCUT2D eigenvalue weighted by Crippen LogP contribution is -2.51. The molecule has 1 saturated carbocycles. The molecule has 0 aliphatic heterocycles. The van der Waals surface area contributed by atoms with Gasteiger partial charge in [-0.2, -0.15) is 13.2 Å². The van der Waals surface area contributed by atoms with Crippen LogP contribution in [0.2, 0.25) is 0 Å². The highest BCUT2D eigenvalue weighted by Gasteiger charge is 2.38. The third kappa shape index (κ3) is 10.5. The molecule has 1 fully saturated rings. The molecular weight excluding hydrogens is 557 g/mol. The number of hydrogen-bond acceptors (Lipinski definition) is 5. The lowest BCUT2D eigenvalue weighted by molar-refractivity contribution is -0.192. The summed E-state index contributed by atoms with van der Waals surface area (Å²) in [5.74, 6) is -6.08. The fraction of sp³-hybridized carbons (Fsp3) is 0.414. The Kier molecular flexibility index (Phi) is 12.5. The van der Waals surface area contributed by atoms with Gasteiger partial charge in [0.05, 0.1) is 0 Å². The van der Waals surface area contributed by atoms with Gasteiger partial charge in [0.1, 0.15) is 17.8 Å². The zero-order valence-corrected chi connectivity index (χ0v) is 23.1. The molecule has 0 radical (unpaired) electrons. The predicted molar refractivity (Wildman–Crippen MR) is 147 cm³/mol. The monoisotopic (exact) mass is 592 g/mol. The highest BCUT2D eigenvalue weighted by atomic mass is 19.4. The third-order valence-corrected chi connectivity index (χ3v) is 6.89. The molecule has 0 saturated heterocycles. The van der Waals surface area contributed by atoms with Crippen LogP contribution >= 0.6 is 0 Å². The molecule has 0 heterocycles. The van der Waals surface area contributed by atoms with Crippen molar-refractivity contribution in [3.8, 4) is 0 Å². The summed E-state index contributed by atoms with van der Waals surface area (Å²) in [5, 5.41) is 27.2. The molecule has 0 spiro atoms. The number of rotatable bonds is 10. The topological polar surface area (TPSA) is 174 Å². The first-order valence-corrected chi connectivity index (χ1v) is 13.3. The van der Waals surface area contributed by atoms with Crippen molar-refractivity contribution in [3.05, 3.63) is 71.3 Å². The van der Waals surface area contributed by atoms with Gasteiger partial charge in [-0.3, -0.25) is 15.0 Å². The molecule has 42 heavy (non-hydrogen) atoms. The van der Waals surface area contributed by atoms with E-state index in [9.17, 15) is 32.7 Å². The van der Waals surface area contributed by atoms with Crippen molar-refractivity contribution in [3.63, 3.8) is 0 Å². The summed E-state index contributed by atoms with van der Waals surface area (Å²) >= 11 is 0. The van der Waals surface area contributed by atoms with Gasteiger partial charge in [0.2, 0.25) is 11.8 Å². The molecule has 2 aromatic carbocycles. The zero-order chi connectivity index (χ0) is 31.4. The Hall–Kier alpha value is -4.42. The Labute approximate surface area is 241 Å². The lowest BCUT2D eigenvalue weighted by Gasteiger charge is -2.30. The van der Waals surface area contributed by atoms with Crippen molar-refractivity contribution in [1.82, 2.24) is 10.2 Å². The first-order valence-electron chi connectivity index (χ1n) is 13.3. The summed E-state index contributed by atoms with van der Waals surface area (Å²) in [6.45, 7) is 0.331. The molecule has 13 heteroatoms. The number of carbonyl (C=O) groups is 4. The number of halogens is 3. The zero-order valence-electron chi connectivity index (χ0n) is 23.1. The fourth-order valence-corrected chi connectivity index (χ4v) is 4.65. The molecule has 0 unspecified atom stereocenters. The van der Waals surface area contributed by atoms with Crippen LogP contribution in [0.3, 0.4) is 0 Å². The first kappa shape index (κ1) is 33.8. The summed E-state index contributed by atoms with van der Waals surface area (Å²) in [7, 11) is 1.64. The van der Waals surface area contributed by atoms with Gasteiger partial charge in [0.25, 0.3) is 0 Å². The molecule has 6 N–H and O–H groups in total. The van der Waals surface area contributed by atoms with E-state index in [1.54, 1.807) is 31.3 Å². The standard InChI is InChI=1S/C27H34N4O4.C2HF3O2/c1-31(17-19-8-4-2-5-9-19)26(33)22(16-18-12-14-21(15-13-18)24(28)29)25(32)30-23(27(34)35)20-10-6-3-7-11-20;3-2(4,5)1(6)7/h2,4-5,8-9,12-15,20,22-23H,3,6-7,10-11,16-17H2,1H3,(H3,28,29)(H,30,32)(H,34,35);(H,6,7)/t22-,23+;/m1./s1. The maximum absolute atomic E-state index is 13.5. The van der Waals surface area contributed by atoms with E-state index in [1.165, 1.54) is 4.90 Å². The van der Waals surface area contributed by atoms with Gasteiger partial charge in [-0.05, 0) is 36.3 Å². The smallest absolute Gasteiger partial charge is 0.480 e.